The highest BCUT2D eigenvalue weighted by Crippen LogP contribution is 2.32. The van der Waals surface area contributed by atoms with Crippen LogP contribution in [-0.4, -0.2) is 22.0 Å². The van der Waals surface area contributed by atoms with E-state index in [4.69, 9.17) is 4.74 Å². The summed E-state index contributed by atoms with van der Waals surface area (Å²) in [7, 11) is 0. The monoisotopic (exact) mass is 344 g/mol. The van der Waals surface area contributed by atoms with Gasteiger partial charge in [0, 0.05) is 10.1 Å². The van der Waals surface area contributed by atoms with E-state index in [-0.39, 0.29) is 5.56 Å². The van der Waals surface area contributed by atoms with Crippen molar-refractivity contribution < 1.29 is 9.53 Å². The molecule has 3 heterocycles. The van der Waals surface area contributed by atoms with Gasteiger partial charge in [0.1, 0.15) is 9.58 Å². The van der Waals surface area contributed by atoms with Crippen LogP contribution in [0.15, 0.2) is 29.1 Å². The van der Waals surface area contributed by atoms with Crippen LogP contribution in [0, 0.1) is 6.92 Å². The lowest BCUT2D eigenvalue weighted by atomic mass is 10.2. The lowest BCUT2D eigenvalue weighted by molar-refractivity contribution is 0.0531. The zero-order valence-corrected chi connectivity index (χ0v) is 14.1. The summed E-state index contributed by atoms with van der Waals surface area (Å²) in [5.41, 5.74) is 1.16. The molecule has 0 aliphatic rings. The van der Waals surface area contributed by atoms with Gasteiger partial charge in [-0.05, 0) is 19.9 Å². The average Bonchev–Trinajstić information content (AvgIpc) is 3.07. The molecule has 0 amide bonds. The second-order valence-corrected chi connectivity index (χ2v) is 7.08. The predicted octanol–water partition coefficient (Wildman–Crippen LogP) is 3.61. The van der Waals surface area contributed by atoms with E-state index in [2.05, 4.69) is 4.98 Å². The summed E-state index contributed by atoms with van der Waals surface area (Å²) >= 11 is 2.63. The zero-order valence-electron chi connectivity index (χ0n) is 12.5. The number of aryl methyl sites for hydroxylation is 1. The molecule has 0 bridgehead atoms. The predicted molar refractivity (Wildman–Crippen MR) is 92.9 cm³/mol. The smallest absolute Gasteiger partial charge is 0.350 e. The summed E-state index contributed by atoms with van der Waals surface area (Å²) in [4.78, 5) is 30.5. The zero-order chi connectivity index (χ0) is 16.1. The second kappa shape index (κ2) is 5.14. The summed E-state index contributed by atoms with van der Waals surface area (Å²) in [5, 5.41) is 0.968. The molecule has 4 rings (SSSR count). The van der Waals surface area contributed by atoms with Gasteiger partial charge in [-0.15, -0.1) is 11.3 Å². The molecule has 0 atom stereocenters. The molecule has 0 aliphatic heterocycles. The third-order valence-electron chi connectivity index (χ3n) is 3.68. The Morgan fingerprint density at radius 1 is 1.30 bits per heavy atom. The Bertz CT molecular complexity index is 1140. The number of nitrogens with zero attached hydrogens (tertiary/aromatic N) is 2. The molecule has 0 saturated heterocycles. The van der Waals surface area contributed by atoms with Gasteiger partial charge < -0.3 is 4.74 Å². The van der Waals surface area contributed by atoms with Gasteiger partial charge in [0.15, 0.2) is 4.96 Å². The quantitative estimate of drug-likeness (QED) is 0.521. The van der Waals surface area contributed by atoms with Gasteiger partial charge in [-0.2, -0.15) is 0 Å². The minimum Gasteiger partial charge on any atom is -0.462 e. The first-order valence-electron chi connectivity index (χ1n) is 7.12. The Hall–Kier alpha value is -2.25. The van der Waals surface area contributed by atoms with Gasteiger partial charge >= 0.3 is 5.97 Å². The molecule has 4 aromatic rings. The molecule has 0 radical (unpaired) electrons. The molecule has 116 valence electrons. The van der Waals surface area contributed by atoms with Crippen LogP contribution in [0.25, 0.3) is 25.3 Å². The van der Waals surface area contributed by atoms with Crippen molar-refractivity contribution in [1.29, 1.82) is 0 Å². The number of fused-ring (bicyclic) bond motifs is 4. The first kappa shape index (κ1) is 14.3. The minimum atomic E-state index is -0.409. The fraction of sp³-hybridized carbons (Fsp3) is 0.188. The molecule has 1 aromatic carbocycles. The normalized spacial score (nSPS) is 11.6. The number of esters is 1. The molecule has 7 heteroatoms. The molecule has 0 fully saturated rings. The number of carbonyl (C=O) groups excluding carboxylic acids is 1. The molecule has 3 aromatic heterocycles. The lowest BCUT2D eigenvalue weighted by Gasteiger charge is -1.99. The van der Waals surface area contributed by atoms with Gasteiger partial charge in [-0.25, -0.2) is 9.78 Å². The first-order valence-corrected chi connectivity index (χ1v) is 8.75. The number of thiophene rings is 1. The highest BCUT2D eigenvalue weighted by atomic mass is 32.1. The van der Waals surface area contributed by atoms with Crippen molar-refractivity contribution in [3.8, 4) is 0 Å². The topological polar surface area (TPSA) is 60.7 Å². The van der Waals surface area contributed by atoms with Crippen molar-refractivity contribution in [2.45, 2.75) is 13.8 Å². The average molecular weight is 344 g/mol. The van der Waals surface area contributed by atoms with Crippen LogP contribution in [-0.2, 0) is 4.74 Å². The molecule has 0 saturated carbocycles. The van der Waals surface area contributed by atoms with Crippen LogP contribution in [0.1, 0.15) is 22.3 Å². The Kier molecular flexibility index (Phi) is 3.21. The van der Waals surface area contributed by atoms with E-state index >= 15 is 0 Å². The van der Waals surface area contributed by atoms with E-state index in [1.165, 1.54) is 27.1 Å². The SMILES string of the molecule is CCOC(=O)c1sc2nc3c(sc4ccccc43)c(=O)n2c1C. The molecule has 0 aliphatic carbocycles. The number of hydrogen-bond donors (Lipinski definition) is 0. The van der Waals surface area contributed by atoms with Gasteiger partial charge in [0.05, 0.1) is 17.8 Å². The van der Waals surface area contributed by atoms with Crippen molar-refractivity contribution in [3.05, 3.63) is 45.2 Å². The van der Waals surface area contributed by atoms with Gasteiger partial charge in [-0.1, -0.05) is 29.5 Å². The summed E-state index contributed by atoms with van der Waals surface area (Å²) in [6, 6.07) is 7.82. The Balaban J connectivity index is 2.11. The molecule has 5 nitrogen and oxygen atoms in total. The van der Waals surface area contributed by atoms with Crippen molar-refractivity contribution in [2.75, 3.05) is 6.61 Å². The van der Waals surface area contributed by atoms with E-state index in [9.17, 15) is 9.59 Å². The number of ether oxygens (including phenoxy) is 1. The first-order chi connectivity index (χ1) is 11.1. The molecular weight excluding hydrogens is 332 g/mol. The summed E-state index contributed by atoms with van der Waals surface area (Å²) < 4.78 is 8.21. The summed E-state index contributed by atoms with van der Waals surface area (Å²) in [6.45, 7) is 3.81. The number of rotatable bonds is 2. The Morgan fingerprint density at radius 3 is 2.87 bits per heavy atom. The molecule has 0 N–H and O–H groups in total. The van der Waals surface area contributed by atoms with Crippen LogP contribution in [0.5, 0.6) is 0 Å². The standard InChI is InChI=1S/C16H12N2O3S2/c1-3-21-15(20)12-8(2)18-14(19)13-11(17-16(18)23-12)9-6-4-5-7-10(9)22-13/h4-7H,3H2,1-2H3. The fourth-order valence-corrected chi connectivity index (χ4v) is 4.72. The van der Waals surface area contributed by atoms with E-state index in [1.807, 2.05) is 24.3 Å². The number of thiazole rings is 1. The number of aromatic nitrogens is 2. The van der Waals surface area contributed by atoms with E-state index in [1.54, 1.807) is 13.8 Å². The Labute approximate surface area is 138 Å². The maximum atomic E-state index is 12.9. The van der Waals surface area contributed by atoms with Crippen LogP contribution in [0.3, 0.4) is 0 Å². The van der Waals surface area contributed by atoms with E-state index < -0.39 is 5.97 Å². The van der Waals surface area contributed by atoms with Gasteiger partial charge in [0.2, 0.25) is 0 Å². The summed E-state index contributed by atoms with van der Waals surface area (Å²) in [5.74, 6) is -0.409. The third-order valence-corrected chi connectivity index (χ3v) is 5.95. The fourth-order valence-electron chi connectivity index (χ4n) is 2.64. The van der Waals surface area contributed by atoms with E-state index in [0.29, 0.717) is 32.4 Å². The van der Waals surface area contributed by atoms with Crippen molar-refractivity contribution in [3.63, 3.8) is 0 Å². The summed E-state index contributed by atoms with van der Waals surface area (Å²) in [6.07, 6.45) is 0. The number of carbonyl (C=O) groups is 1. The lowest BCUT2D eigenvalue weighted by Crippen LogP contribution is -2.14. The van der Waals surface area contributed by atoms with E-state index in [0.717, 1.165) is 10.1 Å². The van der Waals surface area contributed by atoms with Crippen molar-refractivity contribution >= 4 is 53.9 Å². The minimum absolute atomic E-state index is 0.129. The Morgan fingerprint density at radius 2 is 2.09 bits per heavy atom. The number of hydrogen-bond acceptors (Lipinski definition) is 6. The maximum absolute atomic E-state index is 12.9. The largest absolute Gasteiger partial charge is 0.462 e. The van der Waals surface area contributed by atoms with Gasteiger partial charge in [0.25, 0.3) is 5.56 Å². The number of benzene rings is 1. The molecule has 0 spiro atoms. The van der Waals surface area contributed by atoms with Gasteiger partial charge in [-0.3, -0.25) is 9.20 Å². The van der Waals surface area contributed by atoms with Crippen LogP contribution >= 0.6 is 22.7 Å². The maximum Gasteiger partial charge on any atom is 0.350 e. The second-order valence-electron chi connectivity index (χ2n) is 5.05. The van der Waals surface area contributed by atoms with Crippen LogP contribution in [0.2, 0.25) is 0 Å². The molecular formula is C16H12N2O3S2. The van der Waals surface area contributed by atoms with Crippen molar-refractivity contribution in [1.82, 2.24) is 9.38 Å². The molecule has 0 unspecified atom stereocenters. The highest BCUT2D eigenvalue weighted by Gasteiger charge is 2.21. The van der Waals surface area contributed by atoms with Crippen LogP contribution < -0.4 is 5.56 Å². The third kappa shape index (κ3) is 2.00. The highest BCUT2D eigenvalue weighted by molar-refractivity contribution is 7.25. The molecule has 23 heavy (non-hydrogen) atoms. The van der Waals surface area contributed by atoms with Crippen molar-refractivity contribution in [2.24, 2.45) is 0 Å². The van der Waals surface area contributed by atoms with Crippen LogP contribution in [0.4, 0.5) is 0 Å².